The molecule has 0 saturated carbocycles. The summed E-state index contributed by atoms with van der Waals surface area (Å²) in [6.07, 6.45) is -3.24. The molecule has 0 aliphatic heterocycles. The molecule has 0 fully saturated rings. The van der Waals surface area contributed by atoms with Crippen LogP contribution in [-0.4, -0.2) is 53.9 Å². The van der Waals surface area contributed by atoms with E-state index in [-0.39, 0.29) is 18.9 Å². The minimum absolute atomic E-state index is 0.136. The van der Waals surface area contributed by atoms with Gasteiger partial charge in [0.15, 0.2) is 0 Å². The molecule has 0 spiro atoms. The van der Waals surface area contributed by atoms with Gasteiger partial charge in [0, 0.05) is 29.1 Å². The maximum Gasteiger partial charge on any atom is 0.416 e. The molecule has 0 aliphatic carbocycles. The van der Waals surface area contributed by atoms with Gasteiger partial charge >= 0.3 is 18.1 Å². The summed E-state index contributed by atoms with van der Waals surface area (Å²) in [7, 11) is 3.09. The molecule has 5 N–H and O–H groups in total. The molecule has 1 unspecified atom stereocenters. The van der Waals surface area contributed by atoms with Crippen LogP contribution in [0.2, 0.25) is 0 Å². The summed E-state index contributed by atoms with van der Waals surface area (Å²) in [4.78, 5) is 23.9. The van der Waals surface area contributed by atoms with Crippen molar-refractivity contribution in [3.8, 4) is 22.8 Å². The highest BCUT2D eigenvalue weighted by atomic mass is 19.4. The Kier molecular flexibility index (Phi) is 11.5. The number of methoxy groups -OCH3 is 2. The number of aromatic nitrogens is 1. The van der Waals surface area contributed by atoms with E-state index in [2.05, 4.69) is 17.2 Å². The third kappa shape index (κ3) is 8.73. The number of alkyl halides is 3. The van der Waals surface area contributed by atoms with Crippen molar-refractivity contribution in [2.24, 2.45) is 5.73 Å². The Morgan fingerprint density at radius 1 is 1.05 bits per heavy atom. The second-order valence-corrected chi connectivity index (χ2v) is 9.05. The number of halogens is 3. The van der Waals surface area contributed by atoms with Gasteiger partial charge in [-0.05, 0) is 56.5 Å². The number of carboxylic acid groups (broad SMARTS) is 2. The number of hydrogen-bond donors (Lipinski definition) is 4. The third-order valence-corrected chi connectivity index (χ3v) is 5.95. The molecular formula is C28H34F3N3O6. The van der Waals surface area contributed by atoms with Gasteiger partial charge in [-0.1, -0.05) is 12.1 Å². The van der Waals surface area contributed by atoms with Gasteiger partial charge in [-0.15, -0.1) is 0 Å². The van der Waals surface area contributed by atoms with E-state index in [1.54, 1.807) is 20.3 Å². The number of aliphatic carboxylic acids is 2. The van der Waals surface area contributed by atoms with Crippen LogP contribution >= 0.6 is 0 Å². The molecule has 0 amide bonds. The molecule has 2 aromatic carbocycles. The van der Waals surface area contributed by atoms with Crippen molar-refractivity contribution in [2.75, 3.05) is 26.1 Å². The summed E-state index contributed by atoms with van der Waals surface area (Å²) in [5.74, 6) is -1.16. The van der Waals surface area contributed by atoms with E-state index >= 15 is 0 Å². The van der Waals surface area contributed by atoms with Gasteiger partial charge in [0.05, 0.1) is 43.8 Å². The number of rotatable bonds is 11. The molecule has 1 aromatic heterocycles. The van der Waals surface area contributed by atoms with E-state index < -0.39 is 23.7 Å². The number of ether oxygens (including phenoxy) is 2. The summed E-state index contributed by atoms with van der Waals surface area (Å²) in [5.41, 5.74) is 8.53. The summed E-state index contributed by atoms with van der Waals surface area (Å²) < 4.78 is 50.2. The first kappa shape index (κ1) is 32.2. The van der Waals surface area contributed by atoms with Crippen molar-refractivity contribution in [1.82, 2.24) is 4.98 Å². The zero-order valence-electron chi connectivity index (χ0n) is 22.8. The molecule has 3 rings (SSSR count). The number of carboxylic acids is 2. The maximum atomic E-state index is 13.1. The quantitative estimate of drug-likeness (QED) is 0.229. The van der Waals surface area contributed by atoms with Crippen molar-refractivity contribution >= 4 is 28.5 Å². The molecular weight excluding hydrogens is 531 g/mol. The van der Waals surface area contributed by atoms with Crippen LogP contribution in [0.25, 0.3) is 22.0 Å². The van der Waals surface area contributed by atoms with Crippen LogP contribution in [0.4, 0.5) is 18.9 Å². The number of carbonyl (C=O) groups is 2. The van der Waals surface area contributed by atoms with Gasteiger partial charge in [-0.25, -0.2) is 4.98 Å². The minimum Gasteiger partial charge on any atom is -0.496 e. The Labute approximate surface area is 230 Å². The molecule has 40 heavy (non-hydrogen) atoms. The summed E-state index contributed by atoms with van der Waals surface area (Å²) in [5, 5.41) is 20.1. The fourth-order valence-corrected chi connectivity index (χ4v) is 4.01. The van der Waals surface area contributed by atoms with E-state index in [9.17, 15) is 22.8 Å². The monoisotopic (exact) mass is 565 g/mol. The second-order valence-electron chi connectivity index (χ2n) is 9.05. The lowest BCUT2D eigenvalue weighted by Crippen LogP contribution is -2.17. The molecule has 0 radical (unpaired) electrons. The van der Waals surface area contributed by atoms with Crippen LogP contribution in [0.3, 0.4) is 0 Å². The van der Waals surface area contributed by atoms with E-state index in [1.165, 1.54) is 12.1 Å². The first-order valence-electron chi connectivity index (χ1n) is 12.5. The Balaban J connectivity index is 0.000000611. The molecule has 1 heterocycles. The van der Waals surface area contributed by atoms with Crippen molar-refractivity contribution in [1.29, 1.82) is 0 Å². The largest absolute Gasteiger partial charge is 0.496 e. The predicted octanol–water partition coefficient (Wildman–Crippen LogP) is 5.72. The van der Waals surface area contributed by atoms with Gasteiger partial charge in [-0.3, -0.25) is 9.59 Å². The zero-order chi connectivity index (χ0) is 30.0. The number of aryl methyl sites for hydroxylation is 1. The second kappa shape index (κ2) is 14.4. The summed E-state index contributed by atoms with van der Waals surface area (Å²) in [6, 6.07) is 8.84. The van der Waals surface area contributed by atoms with Gasteiger partial charge in [0.1, 0.15) is 5.75 Å². The van der Waals surface area contributed by atoms with Crippen LogP contribution in [0.5, 0.6) is 11.6 Å². The average Bonchev–Trinajstić information content (AvgIpc) is 2.90. The number of pyridine rings is 1. The smallest absolute Gasteiger partial charge is 0.416 e. The topological polar surface area (TPSA) is 144 Å². The van der Waals surface area contributed by atoms with E-state index in [1.807, 2.05) is 13.0 Å². The standard InChI is InChI=1S/C24H28F3N3O2.C4H6O4/c1-14-12-20(32-4)30-23-18(29-15(2)6-5-11-28)13-19(31-3)22(21(14)23)16-7-9-17(10-8-16)24(25,26)27;5-3(6)1-2-4(7)8/h7-10,12-13,15,29H,5-6,11,28H2,1-4H3;1-2H2,(H,5,6)(H,7,8). The molecule has 9 nitrogen and oxygen atoms in total. The van der Waals surface area contributed by atoms with Crippen molar-refractivity contribution in [3.05, 3.63) is 47.5 Å². The average molecular weight is 566 g/mol. The number of anilines is 1. The van der Waals surface area contributed by atoms with Crippen LogP contribution < -0.4 is 20.5 Å². The lowest BCUT2D eigenvalue weighted by atomic mass is 9.94. The SMILES string of the molecule is COc1cc(C)c2c(-c3ccc(C(F)(F)F)cc3)c(OC)cc(NC(C)CCCN)c2n1.O=C(O)CCC(=O)O. The van der Waals surface area contributed by atoms with Gasteiger partial charge in [0.25, 0.3) is 0 Å². The number of nitrogens with zero attached hydrogens (tertiary/aromatic N) is 1. The van der Waals surface area contributed by atoms with E-state index in [4.69, 9.17) is 25.4 Å². The van der Waals surface area contributed by atoms with E-state index in [0.29, 0.717) is 34.8 Å². The highest BCUT2D eigenvalue weighted by Gasteiger charge is 2.30. The third-order valence-electron chi connectivity index (χ3n) is 5.95. The van der Waals surface area contributed by atoms with E-state index in [0.717, 1.165) is 41.6 Å². The number of hydrogen-bond acceptors (Lipinski definition) is 7. The fourth-order valence-electron chi connectivity index (χ4n) is 4.01. The zero-order valence-corrected chi connectivity index (χ0v) is 22.8. The highest BCUT2D eigenvalue weighted by Crippen LogP contribution is 2.43. The van der Waals surface area contributed by atoms with Crippen LogP contribution in [0.15, 0.2) is 36.4 Å². The van der Waals surface area contributed by atoms with Gasteiger partial charge in [-0.2, -0.15) is 13.2 Å². The Hall–Kier alpha value is -4.06. The predicted molar refractivity (Wildman–Crippen MR) is 146 cm³/mol. The van der Waals surface area contributed by atoms with Crippen molar-refractivity contribution in [2.45, 2.75) is 51.7 Å². The molecule has 0 bridgehead atoms. The Bertz CT molecular complexity index is 1300. The van der Waals surface area contributed by atoms with Gasteiger partial charge < -0.3 is 30.7 Å². The first-order chi connectivity index (χ1) is 18.8. The first-order valence-corrected chi connectivity index (χ1v) is 12.5. The van der Waals surface area contributed by atoms with Crippen molar-refractivity contribution in [3.63, 3.8) is 0 Å². The normalized spacial score (nSPS) is 11.8. The maximum absolute atomic E-state index is 13.1. The van der Waals surface area contributed by atoms with Crippen molar-refractivity contribution < 1.29 is 42.4 Å². The number of benzene rings is 2. The van der Waals surface area contributed by atoms with Crippen LogP contribution in [-0.2, 0) is 15.8 Å². The number of nitrogens with one attached hydrogen (secondary N) is 1. The molecule has 3 aromatic rings. The Morgan fingerprint density at radius 3 is 2.12 bits per heavy atom. The summed E-state index contributed by atoms with van der Waals surface area (Å²) in [6.45, 7) is 4.58. The van der Waals surface area contributed by atoms with Crippen LogP contribution in [0.1, 0.15) is 43.7 Å². The lowest BCUT2D eigenvalue weighted by molar-refractivity contribution is -0.143. The Morgan fingerprint density at radius 2 is 1.65 bits per heavy atom. The fraction of sp³-hybridized carbons (Fsp3) is 0.393. The van der Waals surface area contributed by atoms with Crippen LogP contribution in [0, 0.1) is 6.92 Å². The highest BCUT2D eigenvalue weighted by molar-refractivity contribution is 6.06. The molecule has 0 saturated heterocycles. The number of fused-ring (bicyclic) bond motifs is 1. The summed E-state index contributed by atoms with van der Waals surface area (Å²) >= 11 is 0. The molecule has 12 heteroatoms. The lowest BCUT2D eigenvalue weighted by Gasteiger charge is -2.21. The molecule has 1 atom stereocenters. The number of nitrogens with two attached hydrogens (primary N) is 1. The van der Waals surface area contributed by atoms with Gasteiger partial charge in [0.2, 0.25) is 5.88 Å². The molecule has 218 valence electrons. The minimum atomic E-state index is -4.40. The molecule has 0 aliphatic rings.